The monoisotopic (exact) mass is 494 g/mol. The molecule has 0 saturated carbocycles. The minimum Gasteiger partial charge on any atom is -0.494 e. The predicted octanol–water partition coefficient (Wildman–Crippen LogP) is 6.91. The molecule has 0 aliphatic carbocycles. The van der Waals surface area contributed by atoms with Crippen LogP contribution in [0.15, 0.2) is 102 Å². The van der Waals surface area contributed by atoms with Crippen molar-refractivity contribution in [2.45, 2.75) is 13.1 Å². The summed E-state index contributed by atoms with van der Waals surface area (Å²) in [5.74, 6) is 0.0682. The van der Waals surface area contributed by atoms with Crippen molar-refractivity contribution in [1.82, 2.24) is 9.88 Å². The van der Waals surface area contributed by atoms with Crippen LogP contribution in [0.3, 0.4) is 0 Å². The number of anilines is 1. The van der Waals surface area contributed by atoms with Gasteiger partial charge >= 0.3 is 0 Å². The maximum Gasteiger partial charge on any atom is 0.199 e. The summed E-state index contributed by atoms with van der Waals surface area (Å²) in [5.41, 5.74) is 12.9. The first-order valence-corrected chi connectivity index (χ1v) is 12.1. The first kappa shape index (κ1) is 23.7. The highest BCUT2D eigenvalue weighted by Gasteiger charge is 2.19. The van der Waals surface area contributed by atoms with Crippen LogP contribution < -0.4 is 5.73 Å². The fraction of sp³-hybridized carbons (Fsp3) is 0.100. The molecule has 36 heavy (non-hydrogen) atoms. The average Bonchev–Trinajstić information content (AvgIpc) is 3.20. The molecule has 4 aromatic carbocycles. The van der Waals surface area contributed by atoms with Crippen LogP contribution in [0, 0.1) is 0 Å². The van der Waals surface area contributed by atoms with Crippen LogP contribution in [-0.4, -0.2) is 27.7 Å². The van der Waals surface area contributed by atoms with Gasteiger partial charge < -0.3 is 15.8 Å². The molecular weight excluding hydrogens is 468 g/mol. The van der Waals surface area contributed by atoms with E-state index in [9.17, 15) is 5.11 Å². The lowest BCUT2D eigenvalue weighted by molar-refractivity contribution is 0.319. The SMILES string of the molecule is CN(Cc1ccc(Cl)cc1)Cc1ccc(N=C(c2ccccc2)c2c(O)[nH]c3ccc(N)cc23)cc1. The molecule has 0 bridgehead atoms. The van der Waals surface area contributed by atoms with Crippen molar-refractivity contribution in [2.24, 2.45) is 4.99 Å². The molecule has 0 aliphatic heterocycles. The van der Waals surface area contributed by atoms with E-state index in [2.05, 4.69) is 41.2 Å². The van der Waals surface area contributed by atoms with E-state index in [0.29, 0.717) is 17.0 Å². The summed E-state index contributed by atoms with van der Waals surface area (Å²) in [4.78, 5) is 10.3. The second-order valence-corrected chi connectivity index (χ2v) is 9.38. The van der Waals surface area contributed by atoms with E-state index in [-0.39, 0.29) is 5.88 Å². The normalized spacial score (nSPS) is 11.9. The van der Waals surface area contributed by atoms with Crippen molar-refractivity contribution in [3.63, 3.8) is 0 Å². The number of nitrogen functional groups attached to an aromatic ring is 1. The van der Waals surface area contributed by atoms with E-state index in [1.165, 1.54) is 11.1 Å². The lowest BCUT2D eigenvalue weighted by Gasteiger charge is -2.17. The number of hydrogen-bond acceptors (Lipinski definition) is 4. The molecule has 0 spiro atoms. The van der Waals surface area contributed by atoms with Gasteiger partial charge in [-0.2, -0.15) is 0 Å². The van der Waals surface area contributed by atoms with Crippen molar-refractivity contribution in [2.75, 3.05) is 12.8 Å². The molecule has 0 amide bonds. The number of rotatable bonds is 7. The Hall–Kier alpha value is -4.06. The molecule has 0 atom stereocenters. The lowest BCUT2D eigenvalue weighted by Crippen LogP contribution is -2.17. The van der Waals surface area contributed by atoms with Gasteiger partial charge in [0.2, 0.25) is 0 Å². The lowest BCUT2D eigenvalue weighted by atomic mass is 10.0. The zero-order chi connectivity index (χ0) is 25.1. The third kappa shape index (κ3) is 5.28. The summed E-state index contributed by atoms with van der Waals surface area (Å²) in [6, 6.07) is 31.5. The number of nitrogens with one attached hydrogen (secondary N) is 1. The van der Waals surface area contributed by atoms with Gasteiger partial charge in [-0.3, -0.25) is 4.90 Å². The Bertz CT molecular complexity index is 1510. The van der Waals surface area contributed by atoms with Gasteiger partial charge in [-0.15, -0.1) is 0 Å². The molecule has 4 N–H and O–H groups in total. The van der Waals surface area contributed by atoms with Crippen molar-refractivity contribution >= 4 is 39.6 Å². The topological polar surface area (TPSA) is 77.6 Å². The zero-order valence-corrected chi connectivity index (χ0v) is 20.7. The van der Waals surface area contributed by atoms with Crippen LogP contribution in [0.1, 0.15) is 22.3 Å². The van der Waals surface area contributed by atoms with E-state index < -0.39 is 0 Å². The van der Waals surface area contributed by atoms with Crippen LogP contribution >= 0.6 is 11.6 Å². The van der Waals surface area contributed by atoms with Crippen molar-refractivity contribution in [3.8, 4) is 5.88 Å². The third-order valence-electron chi connectivity index (χ3n) is 6.08. The van der Waals surface area contributed by atoms with Gasteiger partial charge in [0.1, 0.15) is 0 Å². The summed E-state index contributed by atoms with van der Waals surface area (Å²) in [5, 5.41) is 12.4. The Balaban J connectivity index is 1.44. The highest BCUT2D eigenvalue weighted by molar-refractivity contribution is 6.30. The number of aromatic amines is 1. The fourth-order valence-corrected chi connectivity index (χ4v) is 4.50. The summed E-state index contributed by atoms with van der Waals surface area (Å²) in [6.45, 7) is 1.64. The second-order valence-electron chi connectivity index (χ2n) is 8.95. The van der Waals surface area contributed by atoms with Crippen LogP contribution in [0.4, 0.5) is 11.4 Å². The quantitative estimate of drug-likeness (QED) is 0.170. The number of aliphatic imine (C=N–C) groups is 1. The van der Waals surface area contributed by atoms with E-state index in [1.54, 1.807) is 0 Å². The van der Waals surface area contributed by atoms with E-state index in [4.69, 9.17) is 22.3 Å². The molecule has 5 rings (SSSR count). The molecule has 5 nitrogen and oxygen atoms in total. The predicted molar refractivity (Wildman–Crippen MR) is 149 cm³/mol. The number of nitrogens with zero attached hydrogens (tertiary/aromatic N) is 2. The largest absolute Gasteiger partial charge is 0.494 e. The smallest absolute Gasteiger partial charge is 0.199 e. The van der Waals surface area contributed by atoms with Gasteiger partial charge in [0, 0.05) is 40.3 Å². The number of hydrogen-bond donors (Lipinski definition) is 3. The highest BCUT2D eigenvalue weighted by Crippen LogP contribution is 2.32. The summed E-state index contributed by atoms with van der Waals surface area (Å²) < 4.78 is 0. The first-order valence-electron chi connectivity index (χ1n) is 11.7. The molecule has 1 aromatic heterocycles. The summed E-state index contributed by atoms with van der Waals surface area (Å²) >= 11 is 6.00. The molecule has 6 heteroatoms. The molecule has 0 saturated heterocycles. The molecule has 180 valence electrons. The van der Waals surface area contributed by atoms with Crippen LogP contribution in [0.2, 0.25) is 5.02 Å². The van der Waals surface area contributed by atoms with Crippen LogP contribution in [-0.2, 0) is 13.1 Å². The molecular formula is C30H27ClN4O. The first-order chi connectivity index (χ1) is 17.5. The van der Waals surface area contributed by atoms with Crippen molar-refractivity contribution in [3.05, 3.63) is 124 Å². The van der Waals surface area contributed by atoms with Gasteiger partial charge in [-0.05, 0) is 60.6 Å². The minimum atomic E-state index is 0.0682. The number of aromatic hydroxyl groups is 1. The Morgan fingerprint density at radius 3 is 2.19 bits per heavy atom. The van der Waals surface area contributed by atoms with Gasteiger partial charge in [0.05, 0.1) is 17.0 Å². The number of nitrogens with two attached hydrogens (primary N) is 1. The minimum absolute atomic E-state index is 0.0682. The fourth-order valence-electron chi connectivity index (χ4n) is 4.37. The van der Waals surface area contributed by atoms with E-state index in [1.807, 2.05) is 72.8 Å². The molecule has 1 heterocycles. The Morgan fingerprint density at radius 1 is 0.889 bits per heavy atom. The van der Waals surface area contributed by atoms with Gasteiger partial charge in [0.15, 0.2) is 5.88 Å². The number of H-pyrrole nitrogens is 1. The molecule has 0 unspecified atom stereocenters. The molecule has 0 aliphatic rings. The van der Waals surface area contributed by atoms with Crippen LogP contribution in [0.25, 0.3) is 10.9 Å². The zero-order valence-electron chi connectivity index (χ0n) is 19.9. The van der Waals surface area contributed by atoms with Crippen molar-refractivity contribution < 1.29 is 5.11 Å². The average molecular weight is 495 g/mol. The Morgan fingerprint density at radius 2 is 1.53 bits per heavy atom. The number of halogens is 1. The van der Waals surface area contributed by atoms with Gasteiger partial charge in [-0.1, -0.05) is 66.2 Å². The van der Waals surface area contributed by atoms with Crippen molar-refractivity contribution in [1.29, 1.82) is 0 Å². The molecule has 0 fully saturated rings. The van der Waals surface area contributed by atoms with Crippen LogP contribution in [0.5, 0.6) is 5.88 Å². The number of aromatic nitrogens is 1. The van der Waals surface area contributed by atoms with Gasteiger partial charge in [-0.25, -0.2) is 4.99 Å². The Labute approximate surface area is 215 Å². The Kier molecular flexibility index (Phi) is 6.76. The summed E-state index contributed by atoms with van der Waals surface area (Å²) in [7, 11) is 2.10. The second kappa shape index (κ2) is 10.3. The summed E-state index contributed by atoms with van der Waals surface area (Å²) in [6.07, 6.45) is 0. The molecule has 0 radical (unpaired) electrons. The van der Waals surface area contributed by atoms with E-state index >= 15 is 0 Å². The van der Waals surface area contributed by atoms with E-state index in [0.717, 1.165) is 40.3 Å². The third-order valence-corrected chi connectivity index (χ3v) is 6.33. The molecule has 5 aromatic rings. The van der Waals surface area contributed by atoms with Gasteiger partial charge in [0.25, 0.3) is 0 Å². The number of fused-ring (bicyclic) bond motifs is 1. The number of benzene rings is 4. The maximum absolute atomic E-state index is 10.8. The highest BCUT2D eigenvalue weighted by atomic mass is 35.5. The maximum atomic E-state index is 10.8. The standard InChI is InChI=1S/C30H27ClN4O/c1-35(18-20-7-11-23(31)12-8-20)19-21-9-14-25(15-10-21)33-29(22-5-3-2-4-6-22)28-26-17-24(32)13-16-27(26)34-30(28)36/h2-17,34,36H,18-19,32H2,1H3.